The van der Waals surface area contributed by atoms with Crippen LogP contribution in [-0.4, -0.2) is 33.4 Å². The number of nitrogens with one attached hydrogen (secondary N) is 2. The van der Waals surface area contributed by atoms with E-state index in [9.17, 15) is 4.79 Å². The number of carboxylic acids is 1. The zero-order valence-corrected chi connectivity index (χ0v) is 13.3. The number of aromatic nitrogens is 3. The van der Waals surface area contributed by atoms with Crippen LogP contribution in [0, 0.1) is 0 Å². The molecule has 0 spiro atoms. The van der Waals surface area contributed by atoms with E-state index in [0.29, 0.717) is 11.3 Å². The molecule has 2 aromatic heterocycles. The van der Waals surface area contributed by atoms with Gasteiger partial charge in [0.25, 0.3) is 0 Å². The molecule has 4 aromatic rings. The number of carboxylic acid groups (broad SMARTS) is 1. The summed E-state index contributed by atoms with van der Waals surface area (Å²) in [6, 6.07) is 12.1. The fourth-order valence-corrected chi connectivity index (χ4v) is 2.72. The van der Waals surface area contributed by atoms with Gasteiger partial charge in [0.15, 0.2) is 5.82 Å². The fourth-order valence-electron chi connectivity index (χ4n) is 2.72. The molecule has 0 bridgehead atoms. The summed E-state index contributed by atoms with van der Waals surface area (Å²) in [6.07, 6.45) is 1.82. The number of H-pyrrole nitrogens is 1. The lowest BCUT2D eigenvalue weighted by atomic mass is 10.1. The number of aromatic carboxylic acids is 1. The molecule has 0 atom stereocenters. The van der Waals surface area contributed by atoms with Crippen molar-refractivity contribution in [1.29, 1.82) is 0 Å². The molecule has 4 rings (SSSR count). The van der Waals surface area contributed by atoms with E-state index in [1.165, 1.54) is 0 Å². The lowest BCUT2D eigenvalue weighted by Crippen LogP contribution is -1.98. The Kier molecular flexibility index (Phi) is 3.46. The zero-order valence-electron chi connectivity index (χ0n) is 13.3. The number of carbonyl (C=O) groups is 1. The second-order valence-corrected chi connectivity index (χ2v) is 5.50. The van der Waals surface area contributed by atoms with Crippen molar-refractivity contribution < 1.29 is 14.6 Å². The summed E-state index contributed by atoms with van der Waals surface area (Å²) in [4.78, 5) is 15.6. The number of anilines is 2. The molecule has 0 unspecified atom stereocenters. The molecule has 25 heavy (non-hydrogen) atoms. The van der Waals surface area contributed by atoms with Crippen LogP contribution in [0.4, 0.5) is 11.5 Å². The Morgan fingerprint density at radius 2 is 1.96 bits per heavy atom. The summed E-state index contributed by atoms with van der Waals surface area (Å²) in [6.45, 7) is 0. The van der Waals surface area contributed by atoms with Crippen LogP contribution in [0.2, 0.25) is 0 Å². The minimum Gasteiger partial charge on any atom is -0.497 e. The maximum Gasteiger partial charge on any atom is 0.335 e. The highest BCUT2D eigenvalue weighted by atomic mass is 16.5. The lowest BCUT2D eigenvalue weighted by molar-refractivity contribution is 0.0697. The Bertz CT molecular complexity index is 1090. The first-order chi connectivity index (χ1) is 12.2. The van der Waals surface area contributed by atoms with Crippen molar-refractivity contribution in [2.45, 2.75) is 0 Å². The number of benzene rings is 2. The molecule has 0 radical (unpaired) electrons. The maximum atomic E-state index is 11.0. The monoisotopic (exact) mass is 334 g/mol. The first kappa shape index (κ1) is 14.9. The van der Waals surface area contributed by atoms with Gasteiger partial charge in [0.05, 0.1) is 18.2 Å². The number of fused-ring (bicyclic) bond motifs is 3. The molecular formula is C18H14N4O3. The van der Waals surface area contributed by atoms with Gasteiger partial charge in [0.2, 0.25) is 0 Å². The second-order valence-electron chi connectivity index (χ2n) is 5.50. The Morgan fingerprint density at radius 3 is 2.68 bits per heavy atom. The number of nitrogens with zero attached hydrogens (tertiary/aromatic N) is 2. The molecule has 2 heterocycles. The van der Waals surface area contributed by atoms with E-state index in [1.54, 1.807) is 31.4 Å². The average molecular weight is 334 g/mol. The number of aromatic amines is 1. The minimum absolute atomic E-state index is 0.231. The van der Waals surface area contributed by atoms with E-state index >= 15 is 0 Å². The van der Waals surface area contributed by atoms with Crippen LogP contribution in [0.25, 0.3) is 21.8 Å². The van der Waals surface area contributed by atoms with E-state index in [1.807, 2.05) is 24.4 Å². The summed E-state index contributed by atoms with van der Waals surface area (Å²) in [5.74, 6) is 0.387. The highest BCUT2D eigenvalue weighted by molar-refractivity contribution is 6.09. The van der Waals surface area contributed by atoms with Crippen molar-refractivity contribution in [2.24, 2.45) is 0 Å². The molecule has 0 saturated carbocycles. The largest absolute Gasteiger partial charge is 0.497 e. The van der Waals surface area contributed by atoms with E-state index in [2.05, 4.69) is 20.5 Å². The Morgan fingerprint density at radius 1 is 1.16 bits per heavy atom. The maximum absolute atomic E-state index is 11.0. The topological polar surface area (TPSA) is 100 Å². The number of hydrogen-bond acceptors (Lipinski definition) is 5. The van der Waals surface area contributed by atoms with Gasteiger partial charge in [-0.2, -0.15) is 5.10 Å². The molecule has 0 aliphatic rings. The van der Waals surface area contributed by atoms with Gasteiger partial charge in [-0.15, -0.1) is 0 Å². The van der Waals surface area contributed by atoms with Gasteiger partial charge in [0, 0.05) is 22.7 Å². The molecule has 7 nitrogen and oxygen atoms in total. The smallest absolute Gasteiger partial charge is 0.335 e. The van der Waals surface area contributed by atoms with E-state index in [4.69, 9.17) is 9.84 Å². The summed E-state index contributed by atoms with van der Waals surface area (Å²) in [7, 11) is 1.62. The SMILES string of the molecule is COc1ccc2nc(Nc3ccc(C(=O)O)cc3)c3n[nH]cc3c2c1. The van der Waals surface area contributed by atoms with Crippen molar-refractivity contribution in [2.75, 3.05) is 12.4 Å². The molecule has 0 saturated heterocycles. The molecular weight excluding hydrogens is 320 g/mol. The summed E-state index contributed by atoms with van der Waals surface area (Å²) < 4.78 is 5.28. The Hall–Kier alpha value is -3.61. The van der Waals surface area contributed by atoms with Gasteiger partial charge >= 0.3 is 5.97 Å². The van der Waals surface area contributed by atoms with Crippen LogP contribution < -0.4 is 10.1 Å². The number of rotatable bonds is 4. The van der Waals surface area contributed by atoms with Gasteiger partial charge in [-0.05, 0) is 42.5 Å². The van der Waals surface area contributed by atoms with Gasteiger partial charge in [-0.25, -0.2) is 9.78 Å². The normalized spacial score (nSPS) is 10.9. The lowest BCUT2D eigenvalue weighted by Gasteiger charge is -2.09. The van der Waals surface area contributed by atoms with Crippen molar-refractivity contribution in [1.82, 2.24) is 15.2 Å². The minimum atomic E-state index is -0.959. The van der Waals surface area contributed by atoms with Crippen LogP contribution in [0.15, 0.2) is 48.7 Å². The fraction of sp³-hybridized carbons (Fsp3) is 0.0556. The zero-order chi connectivity index (χ0) is 17.4. The van der Waals surface area contributed by atoms with E-state index < -0.39 is 5.97 Å². The van der Waals surface area contributed by atoms with Crippen LogP contribution in [0.3, 0.4) is 0 Å². The molecule has 7 heteroatoms. The molecule has 3 N–H and O–H groups in total. The third kappa shape index (κ3) is 2.61. The summed E-state index contributed by atoms with van der Waals surface area (Å²) in [5.41, 5.74) is 2.46. The number of hydrogen-bond donors (Lipinski definition) is 3. The van der Waals surface area contributed by atoms with Gasteiger partial charge in [0.1, 0.15) is 11.3 Å². The highest BCUT2D eigenvalue weighted by Crippen LogP contribution is 2.31. The number of pyridine rings is 1. The third-order valence-corrected chi connectivity index (χ3v) is 3.99. The van der Waals surface area contributed by atoms with Crippen molar-refractivity contribution in [3.63, 3.8) is 0 Å². The quantitative estimate of drug-likeness (QED) is 0.527. The Balaban J connectivity index is 1.80. The van der Waals surface area contributed by atoms with E-state index in [-0.39, 0.29) is 5.56 Å². The molecule has 2 aromatic carbocycles. The van der Waals surface area contributed by atoms with Crippen molar-refractivity contribution in [3.05, 3.63) is 54.2 Å². The standard InChI is InChI=1S/C18H14N4O3/c1-25-12-6-7-15-13(8-12)14-9-19-22-16(14)17(21-15)20-11-4-2-10(3-5-11)18(23)24/h2-9H,1H3,(H,19,22)(H,20,21)(H,23,24). The van der Waals surface area contributed by atoms with Gasteiger partial charge in [-0.3, -0.25) is 5.10 Å². The summed E-state index contributed by atoms with van der Waals surface area (Å²) >= 11 is 0. The molecule has 0 aliphatic heterocycles. The number of ether oxygens (including phenoxy) is 1. The van der Waals surface area contributed by atoms with E-state index in [0.717, 1.165) is 27.7 Å². The van der Waals surface area contributed by atoms with Crippen LogP contribution in [-0.2, 0) is 0 Å². The third-order valence-electron chi connectivity index (χ3n) is 3.99. The first-order valence-corrected chi connectivity index (χ1v) is 7.57. The molecule has 124 valence electrons. The predicted octanol–water partition coefficient (Wildman–Crippen LogP) is 3.56. The van der Waals surface area contributed by atoms with Crippen molar-refractivity contribution in [3.8, 4) is 5.75 Å². The van der Waals surface area contributed by atoms with Crippen LogP contribution >= 0.6 is 0 Å². The van der Waals surface area contributed by atoms with Crippen LogP contribution in [0.1, 0.15) is 10.4 Å². The van der Waals surface area contributed by atoms with Crippen molar-refractivity contribution >= 4 is 39.3 Å². The average Bonchev–Trinajstić information content (AvgIpc) is 3.12. The highest BCUT2D eigenvalue weighted by Gasteiger charge is 2.12. The molecule has 0 aliphatic carbocycles. The van der Waals surface area contributed by atoms with Crippen LogP contribution in [0.5, 0.6) is 5.75 Å². The number of methoxy groups -OCH3 is 1. The molecule has 0 fully saturated rings. The first-order valence-electron chi connectivity index (χ1n) is 7.57. The van der Waals surface area contributed by atoms with Gasteiger partial charge in [-0.1, -0.05) is 0 Å². The summed E-state index contributed by atoms with van der Waals surface area (Å²) in [5, 5.41) is 21.2. The second kappa shape index (κ2) is 5.79. The molecule has 0 amide bonds. The van der Waals surface area contributed by atoms with Gasteiger partial charge < -0.3 is 15.2 Å². The predicted molar refractivity (Wildman–Crippen MR) is 94.6 cm³/mol. The Labute approximate surface area is 142 Å².